The molecule has 3 rings (SSSR count). The lowest BCUT2D eigenvalue weighted by Crippen LogP contribution is -2.27. The second-order valence-electron chi connectivity index (χ2n) is 6.94. The van der Waals surface area contributed by atoms with E-state index in [0.717, 1.165) is 23.9 Å². The number of carbonyl (C=O) groups is 1. The van der Waals surface area contributed by atoms with E-state index < -0.39 is 22.8 Å². The number of anilines is 1. The van der Waals surface area contributed by atoms with Crippen LogP contribution < -0.4 is 10.9 Å². The number of fused-ring (bicyclic) bond motifs is 1. The molecule has 3 aromatic rings. The minimum atomic E-state index is -0.873. The van der Waals surface area contributed by atoms with Crippen molar-refractivity contribution in [3.63, 3.8) is 0 Å². The zero-order valence-corrected chi connectivity index (χ0v) is 19.1. The van der Waals surface area contributed by atoms with Gasteiger partial charge in [-0.2, -0.15) is 0 Å². The van der Waals surface area contributed by atoms with Gasteiger partial charge in [-0.05, 0) is 50.6 Å². The van der Waals surface area contributed by atoms with Gasteiger partial charge in [0.05, 0.1) is 21.8 Å². The summed E-state index contributed by atoms with van der Waals surface area (Å²) < 4.78 is 33.9. The number of thioether (sulfide) groups is 1. The standard InChI is InChI=1S/C22H22ClF2N3O3S/c1-3-31-10-4-9-28-21(30)16-7-5-14(23)11-19(16)27-22(28)32-13(2)20(29)26-18-8-6-15(24)12-17(18)25/h5-8,11-13H,3-4,9-10H2,1-2H3,(H,26,29). The van der Waals surface area contributed by atoms with Crippen LogP contribution in [0, 0.1) is 11.6 Å². The van der Waals surface area contributed by atoms with Crippen molar-refractivity contribution in [3.8, 4) is 0 Å². The molecule has 32 heavy (non-hydrogen) atoms. The predicted octanol–water partition coefficient (Wildman–Crippen LogP) is 4.87. The summed E-state index contributed by atoms with van der Waals surface area (Å²) in [6.07, 6.45) is 0.587. The Morgan fingerprint density at radius 1 is 1.28 bits per heavy atom. The van der Waals surface area contributed by atoms with Crippen molar-refractivity contribution >= 4 is 45.9 Å². The van der Waals surface area contributed by atoms with Gasteiger partial charge >= 0.3 is 0 Å². The molecule has 10 heteroatoms. The first kappa shape index (κ1) is 24.2. The summed E-state index contributed by atoms with van der Waals surface area (Å²) in [6, 6.07) is 7.73. The molecule has 0 fully saturated rings. The molecule has 0 saturated carbocycles. The Bertz CT molecular complexity index is 1190. The molecule has 6 nitrogen and oxygen atoms in total. The van der Waals surface area contributed by atoms with E-state index in [9.17, 15) is 18.4 Å². The number of aromatic nitrogens is 2. The Balaban J connectivity index is 1.87. The van der Waals surface area contributed by atoms with Crippen LogP contribution in [0.2, 0.25) is 5.02 Å². The highest BCUT2D eigenvalue weighted by Crippen LogP contribution is 2.25. The monoisotopic (exact) mass is 481 g/mol. The largest absolute Gasteiger partial charge is 0.382 e. The molecule has 0 radical (unpaired) electrons. The van der Waals surface area contributed by atoms with Crippen LogP contribution >= 0.6 is 23.4 Å². The van der Waals surface area contributed by atoms with E-state index in [1.807, 2.05) is 6.92 Å². The van der Waals surface area contributed by atoms with Crippen LogP contribution in [0.25, 0.3) is 10.9 Å². The highest BCUT2D eigenvalue weighted by molar-refractivity contribution is 8.00. The van der Waals surface area contributed by atoms with Gasteiger partial charge in [0.1, 0.15) is 11.6 Å². The maximum absolute atomic E-state index is 13.9. The number of hydrogen-bond acceptors (Lipinski definition) is 5. The van der Waals surface area contributed by atoms with Crippen LogP contribution in [0.1, 0.15) is 20.3 Å². The van der Waals surface area contributed by atoms with E-state index in [2.05, 4.69) is 10.3 Å². The molecule has 0 bridgehead atoms. The quantitative estimate of drug-likeness (QED) is 0.268. The summed E-state index contributed by atoms with van der Waals surface area (Å²) >= 11 is 7.12. The fourth-order valence-corrected chi connectivity index (χ4v) is 4.07. The maximum Gasteiger partial charge on any atom is 0.262 e. The summed E-state index contributed by atoms with van der Waals surface area (Å²) in [4.78, 5) is 30.3. The van der Waals surface area contributed by atoms with Crippen LogP contribution in [-0.4, -0.2) is 33.9 Å². The van der Waals surface area contributed by atoms with Crippen molar-refractivity contribution < 1.29 is 18.3 Å². The van der Waals surface area contributed by atoms with E-state index in [1.54, 1.807) is 25.1 Å². The van der Waals surface area contributed by atoms with Gasteiger partial charge in [-0.3, -0.25) is 14.2 Å². The summed E-state index contributed by atoms with van der Waals surface area (Å²) in [7, 11) is 0. The van der Waals surface area contributed by atoms with Gasteiger partial charge in [0.15, 0.2) is 5.16 Å². The van der Waals surface area contributed by atoms with Crippen LogP contribution in [0.3, 0.4) is 0 Å². The van der Waals surface area contributed by atoms with Crippen LogP contribution in [0.4, 0.5) is 14.5 Å². The smallest absolute Gasteiger partial charge is 0.262 e. The number of hydrogen-bond donors (Lipinski definition) is 1. The summed E-state index contributed by atoms with van der Waals surface area (Å²) in [5, 5.41) is 2.91. The first-order valence-electron chi connectivity index (χ1n) is 10.0. The zero-order chi connectivity index (χ0) is 23.3. The second-order valence-corrected chi connectivity index (χ2v) is 8.68. The Morgan fingerprint density at radius 3 is 2.78 bits per heavy atom. The van der Waals surface area contributed by atoms with Gasteiger partial charge in [-0.15, -0.1) is 0 Å². The molecule has 0 saturated heterocycles. The van der Waals surface area contributed by atoms with Crippen LogP contribution in [-0.2, 0) is 16.1 Å². The first-order chi connectivity index (χ1) is 15.3. The Kier molecular flexibility index (Phi) is 8.22. The molecule has 1 heterocycles. The Hall–Kier alpha value is -2.49. The third-order valence-corrected chi connectivity index (χ3v) is 5.92. The van der Waals surface area contributed by atoms with Gasteiger partial charge in [-0.1, -0.05) is 23.4 Å². The highest BCUT2D eigenvalue weighted by atomic mass is 35.5. The van der Waals surface area contributed by atoms with E-state index in [4.69, 9.17) is 16.3 Å². The Labute approximate surface area is 192 Å². The Morgan fingerprint density at radius 2 is 2.06 bits per heavy atom. The van der Waals surface area contributed by atoms with Gasteiger partial charge in [0, 0.05) is 30.8 Å². The maximum atomic E-state index is 13.9. The molecular weight excluding hydrogens is 460 g/mol. The summed E-state index contributed by atoms with van der Waals surface area (Å²) in [5.74, 6) is -2.12. The minimum Gasteiger partial charge on any atom is -0.382 e. The van der Waals surface area contributed by atoms with Crippen molar-refractivity contribution in [2.24, 2.45) is 0 Å². The van der Waals surface area contributed by atoms with E-state index in [-0.39, 0.29) is 11.2 Å². The number of carbonyl (C=O) groups excluding carboxylic acids is 1. The first-order valence-corrected chi connectivity index (χ1v) is 11.3. The average molecular weight is 482 g/mol. The number of benzene rings is 2. The third kappa shape index (κ3) is 5.85. The molecular formula is C22H22ClF2N3O3S. The summed E-state index contributed by atoms with van der Waals surface area (Å²) in [5.41, 5.74) is 0.0438. The average Bonchev–Trinajstić information content (AvgIpc) is 2.74. The van der Waals surface area contributed by atoms with Gasteiger partial charge in [-0.25, -0.2) is 13.8 Å². The molecule has 0 spiro atoms. The van der Waals surface area contributed by atoms with Crippen molar-refractivity contribution in [1.82, 2.24) is 9.55 Å². The van der Waals surface area contributed by atoms with Gasteiger partial charge in [0.25, 0.3) is 5.56 Å². The van der Waals surface area contributed by atoms with Crippen molar-refractivity contribution in [2.45, 2.75) is 37.2 Å². The van der Waals surface area contributed by atoms with Crippen LogP contribution in [0.5, 0.6) is 0 Å². The molecule has 0 aliphatic heterocycles. The van der Waals surface area contributed by atoms with Gasteiger partial charge in [0.2, 0.25) is 5.91 Å². The number of rotatable bonds is 9. The third-order valence-electron chi connectivity index (χ3n) is 4.60. The molecule has 1 N–H and O–H groups in total. The van der Waals surface area contributed by atoms with Crippen molar-refractivity contribution in [2.75, 3.05) is 18.5 Å². The number of nitrogens with one attached hydrogen (secondary N) is 1. The molecule has 1 atom stereocenters. The van der Waals surface area contributed by atoms with E-state index in [1.165, 1.54) is 4.57 Å². The molecule has 0 aliphatic carbocycles. The topological polar surface area (TPSA) is 73.2 Å². The summed E-state index contributed by atoms with van der Waals surface area (Å²) in [6.45, 7) is 4.90. The number of halogens is 3. The molecule has 2 aromatic carbocycles. The number of nitrogens with zero attached hydrogens (tertiary/aromatic N) is 2. The second kappa shape index (κ2) is 10.9. The van der Waals surface area contributed by atoms with Crippen molar-refractivity contribution in [3.05, 3.63) is 63.4 Å². The SMILES string of the molecule is CCOCCCn1c(SC(C)C(=O)Nc2ccc(F)cc2F)nc2cc(Cl)ccc2c1=O. The minimum absolute atomic E-state index is 0.129. The molecule has 1 amide bonds. The lowest BCUT2D eigenvalue weighted by atomic mass is 10.2. The van der Waals surface area contributed by atoms with Crippen molar-refractivity contribution in [1.29, 1.82) is 0 Å². The highest BCUT2D eigenvalue weighted by Gasteiger charge is 2.21. The lowest BCUT2D eigenvalue weighted by molar-refractivity contribution is -0.115. The number of amides is 1. The molecule has 0 aliphatic rings. The number of ether oxygens (including phenoxy) is 1. The lowest BCUT2D eigenvalue weighted by Gasteiger charge is -2.17. The van der Waals surface area contributed by atoms with Gasteiger partial charge < -0.3 is 10.1 Å². The fourth-order valence-electron chi connectivity index (χ4n) is 2.97. The van der Waals surface area contributed by atoms with E-state index in [0.29, 0.717) is 53.3 Å². The normalized spacial score (nSPS) is 12.2. The molecule has 170 valence electrons. The van der Waals surface area contributed by atoms with Crippen LogP contribution in [0.15, 0.2) is 46.3 Å². The zero-order valence-electron chi connectivity index (χ0n) is 17.5. The molecule has 1 unspecified atom stereocenters. The fraction of sp³-hybridized carbons (Fsp3) is 0.318. The van der Waals surface area contributed by atoms with E-state index >= 15 is 0 Å². The molecule has 1 aromatic heterocycles. The predicted molar refractivity (Wildman–Crippen MR) is 122 cm³/mol.